The van der Waals surface area contributed by atoms with Crippen LogP contribution >= 0.6 is 0 Å². The van der Waals surface area contributed by atoms with Crippen molar-refractivity contribution in [2.75, 3.05) is 7.11 Å². The Morgan fingerprint density at radius 2 is 1.91 bits per heavy atom. The second-order valence-corrected chi connectivity index (χ2v) is 8.37. The number of hydrogen-bond donors (Lipinski definition) is 1. The van der Waals surface area contributed by atoms with Gasteiger partial charge in [0.2, 0.25) is 5.91 Å². The van der Waals surface area contributed by atoms with E-state index in [4.69, 9.17) is 4.74 Å². The summed E-state index contributed by atoms with van der Waals surface area (Å²) in [6.45, 7) is 0.635. The molecule has 2 aromatic heterocycles. The van der Waals surface area contributed by atoms with Crippen molar-refractivity contribution >= 4 is 16.8 Å². The Morgan fingerprint density at radius 3 is 2.62 bits per heavy atom. The number of aromatic nitrogens is 2. The Hall–Kier alpha value is -3.60. The van der Waals surface area contributed by atoms with Gasteiger partial charge in [0.05, 0.1) is 7.11 Å². The summed E-state index contributed by atoms with van der Waals surface area (Å²) in [5, 5.41) is 1.18. The molecule has 0 radical (unpaired) electrons. The molecule has 0 atom stereocenters. The van der Waals surface area contributed by atoms with E-state index in [1.807, 2.05) is 41.4 Å². The molecule has 0 unspecified atom stereocenters. The third-order valence-corrected chi connectivity index (χ3v) is 6.16. The molecule has 162 valence electrons. The molecule has 0 bridgehead atoms. The van der Waals surface area contributed by atoms with Gasteiger partial charge < -0.3 is 14.6 Å². The van der Waals surface area contributed by atoms with E-state index in [9.17, 15) is 4.79 Å². The van der Waals surface area contributed by atoms with Gasteiger partial charge in [0.1, 0.15) is 5.75 Å². The van der Waals surface area contributed by atoms with Crippen LogP contribution in [0.25, 0.3) is 22.2 Å². The van der Waals surface area contributed by atoms with Crippen LogP contribution < -0.4 is 4.74 Å². The van der Waals surface area contributed by atoms with Crippen molar-refractivity contribution in [3.63, 3.8) is 0 Å². The molecule has 5 nitrogen and oxygen atoms in total. The molecule has 5 heteroatoms. The minimum Gasteiger partial charge on any atom is -0.497 e. The van der Waals surface area contributed by atoms with Gasteiger partial charge >= 0.3 is 0 Å². The number of carbonyl (C=O) groups is 1. The summed E-state index contributed by atoms with van der Waals surface area (Å²) < 4.78 is 5.31. The van der Waals surface area contributed by atoms with Crippen molar-refractivity contribution in [2.24, 2.45) is 0 Å². The van der Waals surface area contributed by atoms with E-state index in [0.717, 1.165) is 40.9 Å². The molecule has 1 aliphatic rings. The highest BCUT2D eigenvalue weighted by Crippen LogP contribution is 2.33. The highest BCUT2D eigenvalue weighted by atomic mass is 16.5. The van der Waals surface area contributed by atoms with Crippen LogP contribution in [0.15, 0.2) is 73.1 Å². The van der Waals surface area contributed by atoms with Crippen molar-refractivity contribution in [1.29, 1.82) is 0 Å². The van der Waals surface area contributed by atoms with Crippen molar-refractivity contribution in [1.82, 2.24) is 14.9 Å². The van der Waals surface area contributed by atoms with Gasteiger partial charge in [0.25, 0.3) is 0 Å². The van der Waals surface area contributed by atoms with Crippen LogP contribution in [0, 0.1) is 0 Å². The maximum atomic E-state index is 13.3. The fourth-order valence-corrected chi connectivity index (χ4v) is 4.33. The number of hydrogen-bond acceptors (Lipinski definition) is 3. The molecule has 1 amide bonds. The van der Waals surface area contributed by atoms with Crippen molar-refractivity contribution in [3.8, 4) is 17.0 Å². The molecule has 0 spiro atoms. The standard InChI is InChI=1S/C27H27N3O2/c1-32-22-12-8-20(9-13-22)27-24(23-6-2-3-7-25(23)29-27)14-15-26(31)30(21-10-11-21)18-19-5-4-16-28-17-19/h2-9,12-13,16-17,21,29H,10-11,14-15,18H2,1H3. The third kappa shape index (κ3) is 4.24. The molecule has 2 heterocycles. The van der Waals surface area contributed by atoms with E-state index in [1.165, 1.54) is 10.9 Å². The van der Waals surface area contributed by atoms with E-state index in [1.54, 1.807) is 13.3 Å². The van der Waals surface area contributed by atoms with E-state index in [0.29, 0.717) is 25.4 Å². The number of amides is 1. The number of carbonyl (C=O) groups excluding carboxylic acids is 1. The largest absolute Gasteiger partial charge is 0.497 e. The van der Waals surface area contributed by atoms with Crippen molar-refractivity contribution in [3.05, 3.63) is 84.2 Å². The summed E-state index contributed by atoms with van der Waals surface area (Å²) in [6, 6.07) is 20.7. The summed E-state index contributed by atoms with van der Waals surface area (Å²) in [6.07, 6.45) is 6.99. The van der Waals surface area contributed by atoms with Gasteiger partial charge in [-0.15, -0.1) is 0 Å². The number of nitrogens with zero attached hydrogens (tertiary/aromatic N) is 2. The highest BCUT2D eigenvalue weighted by molar-refractivity contribution is 5.91. The SMILES string of the molecule is COc1ccc(-c2[nH]c3ccccc3c2CCC(=O)N(Cc2cccnc2)C2CC2)cc1. The topological polar surface area (TPSA) is 58.2 Å². The average molecular weight is 426 g/mol. The van der Waals surface area contributed by atoms with Crippen LogP contribution in [-0.2, 0) is 17.8 Å². The lowest BCUT2D eigenvalue weighted by atomic mass is 10.0. The molecular weight excluding hydrogens is 398 g/mol. The van der Waals surface area contributed by atoms with Gasteiger partial charge in [-0.2, -0.15) is 0 Å². The van der Waals surface area contributed by atoms with E-state index in [-0.39, 0.29) is 5.91 Å². The lowest BCUT2D eigenvalue weighted by Gasteiger charge is -2.22. The summed E-state index contributed by atoms with van der Waals surface area (Å²) in [7, 11) is 1.67. The first kappa shape index (κ1) is 20.3. The van der Waals surface area contributed by atoms with E-state index in [2.05, 4.69) is 40.3 Å². The van der Waals surface area contributed by atoms with Crippen molar-refractivity contribution < 1.29 is 9.53 Å². The molecule has 2 aromatic carbocycles. The number of methoxy groups -OCH3 is 1. The van der Waals surface area contributed by atoms with E-state index < -0.39 is 0 Å². The number of aromatic amines is 1. The molecule has 0 aliphatic heterocycles. The number of para-hydroxylation sites is 1. The summed E-state index contributed by atoms with van der Waals surface area (Å²) in [4.78, 5) is 23.1. The maximum Gasteiger partial charge on any atom is 0.223 e. The van der Waals surface area contributed by atoms with Gasteiger partial charge in [-0.3, -0.25) is 9.78 Å². The average Bonchev–Trinajstić information content (AvgIpc) is 3.62. The van der Waals surface area contributed by atoms with Gasteiger partial charge in [0, 0.05) is 48.0 Å². The second kappa shape index (κ2) is 8.87. The number of benzene rings is 2. The fourth-order valence-electron chi connectivity index (χ4n) is 4.33. The van der Waals surface area contributed by atoms with Crippen LogP contribution in [0.2, 0.25) is 0 Å². The first-order valence-electron chi connectivity index (χ1n) is 11.2. The third-order valence-electron chi connectivity index (χ3n) is 6.16. The Bertz CT molecular complexity index is 1210. The molecule has 5 rings (SSSR count). The number of aryl methyl sites for hydroxylation is 1. The first-order valence-corrected chi connectivity index (χ1v) is 11.2. The monoisotopic (exact) mass is 425 g/mol. The molecule has 1 fully saturated rings. The number of H-pyrrole nitrogens is 1. The van der Waals surface area contributed by atoms with Gasteiger partial charge in [-0.1, -0.05) is 24.3 Å². The Balaban J connectivity index is 1.40. The molecule has 1 saturated carbocycles. The zero-order valence-corrected chi connectivity index (χ0v) is 18.3. The van der Waals surface area contributed by atoms with Gasteiger partial charge in [0.15, 0.2) is 0 Å². The predicted molar refractivity (Wildman–Crippen MR) is 126 cm³/mol. The van der Waals surface area contributed by atoms with Crippen LogP contribution in [-0.4, -0.2) is 33.9 Å². The Morgan fingerprint density at radius 1 is 1.09 bits per heavy atom. The van der Waals surface area contributed by atoms with Crippen LogP contribution in [0.4, 0.5) is 0 Å². The fraction of sp³-hybridized carbons (Fsp3) is 0.259. The van der Waals surface area contributed by atoms with Crippen LogP contribution in [0.5, 0.6) is 5.75 Å². The Labute approximate surface area is 188 Å². The number of rotatable bonds is 8. The number of pyridine rings is 1. The van der Waals surface area contributed by atoms with Gasteiger partial charge in [-0.05, 0) is 72.4 Å². The normalized spacial score (nSPS) is 13.3. The Kier molecular flexibility index (Phi) is 5.63. The molecule has 32 heavy (non-hydrogen) atoms. The quantitative estimate of drug-likeness (QED) is 0.413. The highest BCUT2D eigenvalue weighted by Gasteiger charge is 2.32. The number of ether oxygens (including phenoxy) is 1. The number of fused-ring (bicyclic) bond motifs is 1. The number of nitrogens with one attached hydrogen (secondary N) is 1. The minimum absolute atomic E-state index is 0.210. The molecule has 4 aromatic rings. The minimum atomic E-state index is 0.210. The summed E-state index contributed by atoms with van der Waals surface area (Å²) in [5.74, 6) is 1.04. The van der Waals surface area contributed by atoms with E-state index >= 15 is 0 Å². The van der Waals surface area contributed by atoms with Gasteiger partial charge in [-0.25, -0.2) is 0 Å². The van der Waals surface area contributed by atoms with Crippen molar-refractivity contribution in [2.45, 2.75) is 38.3 Å². The lowest BCUT2D eigenvalue weighted by Crippen LogP contribution is -2.32. The zero-order chi connectivity index (χ0) is 21.9. The second-order valence-electron chi connectivity index (χ2n) is 8.37. The summed E-state index contributed by atoms with van der Waals surface area (Å²) >= 11 is 0. The molecule has 0 saturated heterocycles. The molecule has 1 aliphatic carbocycles. The zero-order valence-electron chi connectivity index (χ0n) is 18.3. The smallest absolute Gasteiger partial charge is 0.223 e. The van der Waals surface area contributed by atoms with Crippen LogP contribution in [0.1, 0.15) is 30.4 Å². The predicted octanol–water partition coefficient (Wildman–Crippen LogP) is 5.36. The molecular formula is C27H27N3O2. The maximum absolute atomic E-state index is 13.3. The van der Waals surface area contributed by atoms with Crippen LogP contribution in [0.3, 0.4) is 0 Å². The molecule has 1 N–H and O–H groups in total. The first-order chi connectivity index (χ1) is 15.7. The summed E-state index contributed by atoms with van der Waals surface area (Å²) in [5.41, 5.74) is 5.54. The lowest BCUT2D eigenvalue weighted by molar-refractivity contribution is -0.132.